The van der Waals surface area contributed by atoms with Gasteiger partial charge in [0.25, 0.3) is 0 Å². The smallest absolute Gasteiger partial charge is 0.384 e. The van der Waals surface area contributed by atoms with Crippen LogP contribution >= 0.6 is 0 Å². The third-order valence-corrected chi connectivity index (χ3v) is 5.71. The molecule has 2 aromatic carbocycles. The largest absolute Gasteiger partial charge is 0.493 e. The molecule has 0 aromatic heterocycles. The molecule has 0 aliphatic carbocycles. The minimum Gasteiger partial charge on any atom is -0.493 e. The minimum atomic E-state index is -0.630. The number of benzene rings is 2. The second kappa shape index (κ2) is 16.6. The highest BCUT2D eigenvalue weighted by Crippen LogP contribution is 2.39. The van der Waals surface area contributed by atoms with E-state index in [9.17, 15) is 9.59 Å². The van der Waals surface area contributed by atoms with Crippen LogP contribution in [-0.2, 0) is 14.3 Å². The summed E-state index contributed by atoms with van der Waals surface area (Å²) in [5.74, 6) is 6.59. The highest BCUT2D eigenvalue weighted by molar-refractivity contribution is 5.91. The van der Waals surface area contributed by atoms with Crippen molar-refractivity contribution in [2.45, 2.75) is 12.8 Å². The van der Waals surface area contributed by atoms with Crippen LogP contribution < -0.4 is 28.4 Å². The molecular weight excluding hydrogens is 522 g/mol. The molecule has 0 aliphatic heterocycles. The summed E-state index contributed by atoms with van der Waals surface area (Å²) in [6.07, 6.45) is 1.26. The number of carbonyl (C=O) groups is 2. The molecular formula is C29H37NO10. The van der Waals surface area contributed by atoms with Crippen molar-refractivity contribution in [3.8, 4) is 46.3 Å². The van der Waals surface area contributed by atoms with Crippen LogP contribution in [0.1, 0.15) is 28.8 Å². The third kappa shape index (κ3) is 9.17. The molecule has 0 saturated carbocycles. The molecule has 0 bridgehead atoms. The molecule has 0 unspecified atom stereocenters. The lowest BCUT2D eigenvalue weighted by molar-refractivity contribution is -0.136. The zero-order valence-corrected chi connectivity index (χ0v) is 24.1. The Morgan fingerprint density at radius 3 is 1.57 bits per heavy atom. The summed E-state index contributed by atoms with van der Waals surface area (Å²) < 4.78 is 42.3. The molecule has 40 heavy (non-hydrogen) atoms. The molecule has 0 fully saturated rings. The van der Waals surface area contributed by atoms with Crippen LogP contribution in [0.4, 0.5) is 0 Å². The first-order valence-corrected chi connectivity index (χ1v) is 12.5. The van der Waals surface area contributed by atoms with E-state index in [1.165, 1.54) is 42.7 Å². The highest BCUT2D eigenvalue weighted by atomic mass is 16.5. The Kier molecular flexibility index (Phi) is 13.3. The van der Waals surface area contributed by atoms with E-state index >= 15 is 0 Å². The Hall–Kier alpha value is -4.30. The van der Waals surface area contributed by atoms with Crippen molar-refractivity contribution in [2.75, 3.05) is 76.0 Å². The predicted molar refractivity (Wildman–Crippen MR) is 147 cm³/mol. The van der Waals surface area contributed by atoms with Crippen LogP contribution in [0.3, 0.4) is 0 Å². The molecule has 0 N–H and O–H groups in total. The summed E-state index contributed by atoms with van der Waals surface area (Å²) in [7, 11) is 10.9. The standard InChI is InChI=1S/C29H37NO10/c1-30(13-9-15-40-29(32)21-18-24(35-4)28(38-7)25(19-21)36-5)12-8-14-39-26(31)11-10-20-16-22(33-2)27(37-6)23(17-20)34-3/h16-19H,8-9,12-15H2,1-7H3. The summed E-state index contributed by atoms with van der Waals surface area (Å²) in [5.41, 5.74) is 0.829. The van der Waals surface area contributed by atoms with Gasteiger partial charge in [-0.2, -0.15) is 0 Å². The fourth-order valence-electron chi connectivity index (χ4n) is 3.71. The van der Waals surface area contributed by atoms with E-state index in [1.54, 1.807) is 24.3 Å². The normalized spacial score (nSPS) is 10.2. The van der Waals surface area contributed by atoms with Crippen molar-refractivity contribution in [1.82, 2.24) is 4.90 Å². The second-order valence-electron chi connectivity index (χ2n) is 8.36. The Balaban J connectivity index is 1.72. The Morgan fingerprint density at radius 2 is 1.12 bits per heavy atom. The lowest BCUT2D eigenvalue weighted by Gasteiger charge is -2.16. The molecule has 2 rings (SSSR count). The maximum absolute atomic E-state index is 12.5. The maximum Gasteiger partial charge on any atom is 0.384 e. The summed E-state index contributed by atoms with van der Waals surface area (Å²) >= 11 is 0. The van der Waals surface area contributed by atoms with Gasteiger partial charge in [-0.1, -0.05) is 5.92 Å². The van der Waals surface area contributed by atoms with E-state index in [0.717, 1.165) is 0 Å². The number of methoxy groups -OCH3 is 6. The van der Waals surface area contributed by atoms with Crippen LogP contribution in [0.5, 0.6) is 34.5 Å². The van der Waals surface area contributed by atoms with Crippen LogP contribution in [0.2, 0.25) is 0 Å². The van der Waals surface area contributed by atoms with Gasteiger partial charge in [0, 0.05) is 24.6 Å². The third-order valence-electron chi connectivity index (χ3n) is 5.71. The lowest BCUT2D eigenvalue weighted by Crippen LogP contribution is -2.23. The van der Waals surface area contributed by atoms with Gasteiger partial charge in [0.15, 0.2) is 23.0 Å². The average Bonchev–Trinajstić information content (AvgIpc) is 2.98. The monoisotopic (exact) mass is 559 g/mol. The van der Waals surface area contributed by atoms with Crippen LogP contribution in [0.25, 0.3) is 0 Å². The van der Waals surface area contributed by atoms with E-state index in [-0.39, 0.29) is 13.2 Å². The van der Waals surface area contributed by atoms with Gasteiger partial charge in [-0.05, 0) is 44.2 Å². The molecule has 0 radical (unpaired) electrons. The molecule has 11 nitrogen and oxygen atoms in total. The zero-order valence-electron chi connectivity index (χ0n) is 24.1. The fraction of sp³-hybridized carbons (Fsp3) is 0.448. The number of hydrogen-bond acceptors (Lipinski definition) is 11. The fourth-order valence-corrected chi connectivity index (χ4v) is 3.71. The Morgan fingerprint density at radius 1 is 0.675 bits per heavy atom. The SMILES string of the molecule is COc1cc(C#CC(=O)OCCCN(C)CCCOC(=O)c2cc(OC)c(OC)c(OC)c2)cc(OC)c1OC. The molecule has 11 heteroatoms. The van der Waals surface area contributed by atoms with E-state index in [1.807, 2.05) is 7.05 Å². The zero-order chi connectivity index (χ0) is 29.5. The number of hydrogen-bond donors (Lipinski definition) is 0. The van der Waals surface area contributed by atoms with E-state index < -0.39 is 11.9 Å². The Labute approximate surface area is 235 Å². The predicted octanol–water partition coefficient (Wildman–Crippen LogP) is 3.20. The van der Waals surface area contributed by atoms with Crippen molar-refractivity contribution in [1.29, 1.82) is 0 Å². The van der Waals surface area contributed by atoms with Gasteiger partial charge in [-0.15, -0.1) is 0 Å². The van der Waals surface area contributed by atoms with E-state index in [4.69, 9.17) is 37.9 Å². The first kappa shape index (κ1) is 31.9. The first-order chi connectivity index (χ1) is 19.3. The topological polar surface area (TPSA) is 111 Å². The van der Waals surface area contributed by atoms with Gasteiger partial charge in [0.2, 0.25) is 11.5 Å². The van der Waals surface area contributed by atoms with Crippen molar-refractivity contribution >= 4 is 11.9 Å². The summed E-state index contributed by atoms with van der Waals surface area (Å²) in [6, 6.07) is 6.40. The summed E-state index contributed by atoms with van der Waals surface area (Å²) in [5, 5.41) is 0. The summed E-state index contributed by atoms with van der Waals surface area (Å²) in [6.45, 7) is 1.85. The average molecular weight is 560 g/mol. The van der Waals surface area contributed by atoms with Crippen molar-refractivity contribution in [3.05, 3.63) is 35.4 Å². The van der Waals surface area contributed by atoms with Crippen molar-refractivity contribution in [2.24, 2.45) is 0 Å². The number of carbonyl (C=O) groups excluding carboxylic acids is 2. The molecule has 218 valence electrons. The van der Waals surface area contributed by atoms with E-state index in [0.29, 0.717) is 71.6 Å². The van der Waals surface area contributed by atoms with Crippen LogP contribution in [-0.4, -0.2) is 92.8 Å². The minimum absolute atomic E-state index is 0.225. The molecule has 0 atom stereocenters. The molecule has 0 saturated heterocycles. The van der Waals surface area contributed by atoms with Gasteiger partial charge in [-0.3, -0.25) is 0 Å². The highest BCUT2D eigenvalue weighted by Gasteiger charge is 2.18. The van der Waals surface area contributed by atoms with Gasteiger partial charge in [-0.25, -0.2) is 9.59 Å². The van der Waals surface area contributed by atoms with Crippen LogP contribution in [0, 0.1) is 11.8 Å². The number of esters is 2. The molecule has 2 aromatic rings. The first-order valence-electron chi connectivity index (χ1n) is 12.5. The number of ether oxygens (including phenoxy) is 8. The maximum atomic E-state index is 12.5. The second-order valence-corrected chi connectivity index (χ2v) is 8.36. The van der Waals surface area contributed by atoms with Gasteiger partial charge in [0.1, 0.15) is 0 Å². The summed E-state index contributed by atoms with van der Waals surface area (Å²) in [4.78, 5) is 26.6. The molecule has 0 amide bonds. The Bertz CT molecular complexity index is 1150. The van der Waals surface area contributed by atoms with Gasteiger partial charge >= 0.3 is 11.9 Å². The molecule has 0 heterocycles. The van der Waals surface area contributed by atoms with Crippen LogP contribution in [0.15, 0.2) is 24.3 Å². The van der Waals surface area contributed by atoms with Crippen molar-refractivity contribution < 1.29 is 47.5 Å². The number of rotatable bonds is 15. The lowest BCUT2D eigenvalue weighted by atomic mass is 10.2. The van der Waals surface area contributed by atoms with Crippen molar-refractivity contribution in [3.63, 3.8) is 0 Å². The molecule has 0 spiro atoms. The van der Waals surface area contributed by atoms with Gasteiger partial charge < -0.3 is 42.8 Å². The quantitative estimate of drug-likeness (QED) is 0.182. The van der Waals surface area contributed by atoms with E-state index in [2.05, 4.69) is 16.7 Å². The molecule has 0 aliphatic rings. The van der Waals surface area contributed by atoms with Gasteiger partial charge in [0.05, 0.1) is 61.4 Å². The number of nitrogens with zero attached hydrogens (tertiary/aromatic N) is 1.